The maximum absolute atomic E-state index is 11.1. The lowest BCUT2D eigenvalue weighted by Gasteiger charge is -2.02. The van der Waals surface area contributed by atoms with Crippen LogP contribution in [-0.4, -0.2) is 13.1 Å². The molecule has 0 aliphatic heterocycles. The van der Waals surface area contributed by atoms with Crippen LogP contribution in [0.4, 0.5) is 0 Å². The minimum atomic E-state index is -0.490. The molecule has 0 saturated carbocycles. The summed E-state index contributed by atoms with van der Waals surface area (Å²) in [5.41, 5.74) is 0. The van der Waals surface area contributed by atoms with Crippen molar-refractivity contribution in [1.82, 2.24) is 0 Å². The number of carbonyl (C=O) groups excluding carboxylic acids is 1. The van der Waals surface area contributed by atoms with Crippen LogP contribution in [0.5, 0.6) is 5.75 Å². The van der Waals surface area contributed by atoms with E-state index in [1.54, 1.807) is 12.1 Å². The highest BCUT2D eigenvalue weighted by atomic mass is 16.5. The second-order valence-electron chi connectivity index (χ2n) is 3.36. The fourth-order valence-corrected chi connectivity index (χ4v) is 1.34. The summed E-state index contributed by atoms with van der Waals surface area (Å²) in [5.74, 6) is 1.02. The van der Waals surface area contributed by atoms with Crippen molar-refractivity contribution < 1.29 is 18.7 Å². The first-order chi connectivity index (χ1) is 8.29. The van der Waals surface area contributed by atoms with Crippen molar-refractivity contribution in [2.45, 2.75) is 6.61 Å². The molecule has 0 N–H and O–H groups in total. The van der Waals surface area contributed by atoms with Gasteiger partial charge in [-0.05, 0) is 24.3 Å². The van der Waals surface area contributed by atoms with Gasteiger partial charge in [-0.1, -0.05) is 18.2 Å². The summed E-state index contributed by atoms with van der Waals surface area (Å²) in [6.45, 7) is 0.279. The molecule has 2 rings (SSSR count). The highest BCUT2D eigenvalue weighted by Gasteiger charge is 2.10. The SMILES string of the molecule is COC(=O)c1ccc(COc2ccccc2)o1. The number of rotatable bonds is 4. The zero-order chi connectivity index (χ0) is 12.1. The number of hydrogen-bond acceptors (Lipinski definition) is 4. The van der Waals surface area contributed by atoms with Crippen molar-refractivity contribution in [2.75, 3.05) is 7.11 Å². The highest BCUT2D eigenvalue weighted by molar-refractivity contribution is 5.86. The third-order valence-corrected chi connectivity index (χ3v) is 2.17. The number of benzene rings is 1. The fourth-order valence-electron chi connectivity index (χ4n) is 1.34. The second-order valence-corrected chi connectivity index (χ2v) is 3.36. The zero-order valence-electron chi connectivity index (χ0n) is 9.38. The van der Waals surface area contributed by atoms with Gasteiger partial charge in [-0.25, -0.2) is 4.79 Å². The molecule has 0 aliphatic carbocycles. The molecule has 1 heterocycles. The Morgan fingerprint density at radius 1 is 1.18 bits per heavy atom. The van der Waals surface area contributed by atoms with E-state index in [1.165, 1.54) is 7.11 Å². The average molecular weight is 232 g/mol. The van der Waals surface area contributed by atoms with E-state index in [4.69, 9.17) is 9.15 Å². The Balaban J connectivity index is 1.96. The van der Waals surface area contributed by atoms with Crippen LogP contribution in [0.2, 0.25) is 0 Å². The molecule has 4 heteroatoms. The number of carbonyl (C=O) groups is 1. The number of ether oxygens (including phenoxy) is 2. The van der Waals surface area contributed by atoms with E-state index >= 15 is 0 Å². The molecule has 0 saturated heterocycles. The molecule has 0 radical (unpaired) electrons. The van der Waals surface area contributed by atoms with Crippen molar-refractivity contribution in [2.24, 2.45) is 0 Å². The van der Waals surface area contributed by atoms with Gasteiger partial charge in [-0.2, -0.15) is 0 Å². The Morgan fingerprint density at radius 2 is 1.94 bits per heavy atom. The molecule has 0 bridgehead atoms. The van der Waals surface area contributed by atoms with Gasteiger partial charge in [-0.3, -0.25) is 0 Å². The minimum Gasteiger partial charge on any atom is -0.486 e. The lowest BCUT2D eigenvalue weighted by molar-refractivity contribution is 0.0561. The van der Waals surface area contributed by atoms with E-state index < -0.39 is 5.97 Å². The van der Waals surface area contributed by atoms with Crippen LogP contribution in [-0.2, 0) is 11.3 Å². The number of furan rings is 1. The Bertz CT molecular complexity index is 487. The fraction of sp³-hybridized carbons (Fsp3) is 0.154. The van der Waals surface area contributed by atoms with Crippen LogP contribution >= 0.6 is 0 Å². The maximum atomic E-state index is 11.1. The lowest BCUT2D eigenvalue weighted by atomic mass is 10.3. The predicted octanol–water partition coefficient (Wildman–Crippen LogP) is 2.65. The van der Waals surface area contributed by atoms with Gasteiger partial charge in [0.05, 0.1) is 7.11 Å². The van der Waals surface area contributed by atoms with Gasteiger partial charge >= 0.3 is 5.97 Å². The Labute approximate surface area is 98.8 Å². The summed E-state index contributed by atoms with van der Waals surface area (Å²) in [6.07, 6.45) is 0. The first-order valence-electron chi connectivity index (χ1n) is 5.14. The van der Waals surface area contributed by atoms with E-state index in [1.807, 2.05) is 30.3 Å². The molecule has 0 atom stereocenters. The largest absolute Gasteiger partial charge is 0.486 e. The van der Waals surface area contributed by atoms with Crippen LogP contribution in [0.3, 0.4) is 0 Å². The minimum absolute atomic E-state index is 0.180. The van der Waals surface area contributed by atoms with Crippen molar-refractivity contribution in [3.8, 4) is 5.75 Å². The Kier molecular flexibility index (Phi) is 3.45. The first-order valence-corrected chi connectivity index (χ1v) is 5.14. The van der Waals surface area contributed by atoms with Crippen molar-refractivity contribution in [3.63, 3.8) is 0 Å². The van der Waals surface area contributed by atoms with E-state index in [2.05, 4.69) is 4.74 Å². The molecule has 88 valence electrons. The normalized spacial score (nSPS) is 9.94. The predicted molar refractivity (Wildman–Crippen MR) is 60.8 cm³/mol. The lowest BCUT2D eigenvalue weighted by Crippen LogP contribution is -1.98. The number of para-hydroxylation sites is 1. The summed E-state index contributed by atoms with van der Waals surface area (Å²) in [7, 11) is 1.31. The van der Waals surface area contributed by atoms with Gasteiger partial charge < -0.3 is 13.9 Å². The quantitative estimate of drug-likeness (QED) is 0.760. The summed E-state index contributed by atoms with van der Waals surface area (Å²) in [6, 6.07) is 12.6. The van der Waals surface area contributed by atoms with E-state index in [-0.39, 0.29) is 12.4 Å². The monoisotopic (exact) mass is 232 g/mol. The molecule has 4 nitrogen and oxygen atoms in total. The van der Waals surface area contributed by atoms with Crippen molar-refractivity contribution in [3.05, 3.63) is 54.0 Å². The third-order valence-electron chi connectivity index (χ3n) is 2.17. The first kappa shape index (κ1) is 11.3. The van der Waals surface area contributed by atoms with Gasteiger partial charge in [0, 0.05) is 0 Å². The van der Waals surface area contributed by atoms with Crippen LogP contribution < -0.4 is 4.74 Å². The van der Waals surface area contributed by atoms with Crippen LogP contribution in [0.25, 0.3) is 0 Å². The van der Waals surface area contributed by atoms with Gasteiger partial charge in [0.15, 0.2) is 0 Å². The molecule has 1 aromatic carbocycles. The van der Waals surface area contributed by atoms with Gasteiger partial charge in [0.25, 0.3) is 0 Å². The van der Waals surface area contributed by atoms with E-state index in [0.717, 1.165) is 5.75 Å². The molecule has 0 fully saturated rings. The van der Waals surface area contributed by atoms with Crippen LogP contribution in [0.15, 0.2) is 46.9 Å². The van der Waals surface area contributed by atoms with Gasteiger partial charge in [-0.15, -0.1) is 0 Å². The smallest absolute Gasteiger partial charge is 0.373 e. The molecule has 0 spiro atoms. The number of methoxy groups -OCH3 is 1. The third kappa shape index (κ3) is 2.87. The molecule has 2 aromatic rings. The summed E-state index contributed by atoms with van der Waals surface area (Å²) >= 11 is 0. The summed E-state index contributed by atoms with van der Waals surface area (Å²) in [4.78, 5) is 11.1. The Morgan fingerprint density at radius 3 is 2.65 bits per heavy atom. The van der Waals surface area contributed by atoms with Crippen LogP contribution in [0, 0.1) is 0 Å². The maximum Gasteiger partial charge on any atom is 0.373 e. The standard InChI is InChI=1S/C13H12O4/c1-15-13(14)12-8-7-11(17-12)9-16-10-5-3-2-4-6-10/h2-8H,9H2,1H3. The van der Waals surface area contributed by atoms with Gasteiger partial charge in [0.2, 0.25) is 5.76 Å². The van der Waals surface area contributed by atoms with Crippen molar-refractivity contribution >= 4 is 5.97 Å². The topological polar surface area (TPSA) is 48.7 Å². The van der Waals surface area contributed by atoms with E-state index in [9.17, 15) is 4.79 Å². The number of hydrogen-bond donors (Lipinski definition) is 0. The molecule has 0 amide bonds. The van der Waals surface area contributed by atoms with Crippen molar-refractivity contribution in [1.29, 1.82) is 0 Å². The van der Waals surface area contributed by atoms with E-state index in [0.29, 0.717) is 5.76 Å². The van der Waals surface area contributed by atoms with Crippen LogP contribution in [0.1, 0.15) is 16.3 Å². The number of esters is 1. The molecule has 1 aromatic heterocycles. The Hall–Kier alpha value is -2.23. The molecular weight excluding hydrogens is 220 g/mol. The molecule has 0 aliphatic rings. The summed E-state index contributed by atoms with van der Waals surface area (Å²) < 4.78 is 15.3. The average Bonchev–Trinajstić information content (AvgIpc) is 2.85. The van der Waals surface area contributed by atoms with Gasteiger partial charge in [0.1, 0.15) is 18.1 Å². The second kappa shape index (κ2) is 5.21. The molecule has 17 heavy (non-hydrogen) atoms. The zero-order valence-corrected chi connectivity index (χ0v) is 9.38. The summed E-state index contributed by atoms with van der Waals surface area (Å²) in [5, 5.41) is 0. The highest BCUT2D eigenvalue weighted by Crippen LogP contribution is 2.14. The molecular formula is C13H12O4. The molecule has 0 unspecified atom stereocenters.